The van der Waals surface area contributed by atoms with Crippen molar-refractivity contribution in [2.75, 3.05) is 36.5 Å². The summed E-state index contributed by atoms with van der Waals surface area (Å²) in [4.78, 5) is 17.3. The second kappa shape index (κ2) is 10.4. The van der Waals surface area contributed by atoms with Crippen LogP contribution in [0.25, 0.3) is 0 Å². The number of hydrogen-bond acceptors (Lipinski definition) is 3. The molecule has 1 fully saturated rings. The maximum atomic E-state index is 12.9. The lowest BCUT2D eigenvalue weighted by Crippen LogP contribution is -2.36. The predicted molar refractivity (Wildman–Crippen MR) is 115 cm³/mol. The molecule has 1 N–H and O–H groups in total. The van der Waals surface area contributed by atoms with Crippen LogP contribution in [0.4, 0.5) is 10.5 Å². The number of nitrogens with zero attached hydrogens (tertiary/aromatic N) is 2. The van der Waals surface area contributed by atoms with Gasteiger partial charge in [0.05, 0.1) is 0 Å². The minimum absolute atomic E-state index is 0.0256. The Hall–Kier alpha value is -1.98. The largest absolute Gasteiger partial charge is 0.322 e. The van der Waals surface area contributed by atoms with Gasteiger partial charge in [-0.2, -0.15) is 11.8 Å². The normalized spacial score (nSPS) is 14.7. The first kappa shape index (κ1) is 19.8. The lowest BCUT2D eigenvalue weighted by Gasteiger charge is -2.28. The zero-order chi connectivity index (χ0) is 18.9. The Morgan fingerprint density at radius 2 is 1.78 bits per heavy atom. The topological polar surface area (TPSA) is 35.6 Å². The van der Waals surface area contributed by atoms with E-state index in [2.05, 4.69) is 41.4 Å². The Balaban J connectivity index is 1.67. The minimum Gasteiger partial charge on any atom is -0.320 e. The SMILES string of the molecule is CCCN(Cc1ccccc1)C(=O)Nc1ccccc1CN1CCSCC1. The van der Waals surface area contributed by atoms with Crippen molar-refractivity contribution in [1.82, 2.24) is 9.80 Å². The summed E-state index contributed by atoms with van der Waals surface area (Å²) in [5, 5.41) is 3.16. The van der Waals surface area contributed by atoms with Crippen molar-refractivity contribution in [2.45, 2.75) is 26.4 Å². The van der Waals surface area contributed by atoms with Crippen molar-refractivity contribution in [3.8, 4) is 0 Å². The highest BCUT2D eigenvalue weighted by Crippen LogP contribution is 2.20. The highest BCUT2D eigenvalue weighted by Gasteiger charge is 2.17. The van der Waals surface area contributed by atoms with Crippen molar-refractivity contribution in [1.29, 1.82) is 0 Å². The van der Waals surface area contributed by atoms with Crippen LogP contribution in [0, 0.1) is 0 Å². The molecule has 0 aromatic heterocycles. The van der Waals surface area contributed by atoms with Gasteiger partial charge in [-0.15, -0.1) is 0 Å². The molecule has 1 aliphatic heterocycles. The number of urea groups is 1. The van der Waals surface area contributed by atoms with Crippen LogP contribution in [0.3, 0.4) is 0 Å². The average molecular weight is 384 g/mol. The fraction of sp³-hybridized carbons (Fsp3) is 0.409. The van der Waals surface area contributed by atoms with Crippen LogP contribution >= 0.6 is 11.8 Å². The van der Waals surface area contributed by atoms with Crippen molar-refractivity contribution in [2.24, 2.45) is 0 Å². The molecule has 2 aromatic rings. The van der Waals surface area contributed by atoms with Gasteiger partial charge in [0.1, 0.15) is 0 Å². The number of rotatable bonds is 7. The van der Waals surface area contributed by atoms with Crippen LogP contribution in [0.5, 0.6) is 0 Å². The van der Waals surface area contributed by atoms with E-state index < -0.39 is 0 Å². The lowest BCUT2D eigenvalue weighted by molar-refractivity contribution is 0.209. The number of para-hydroxylation sites is 1. The third-order valence-electron chi connectivity index (χ3n) is 4.75. The quantitative estimate of drug-likeness (QED) is 0.754. The van der Waals surface area contributed by atoms with E-state index in [0.717, 1.165) is 43.9 Å². The number of hydrogen-bond donors (Lipinski definition) is 1. The van der Waals surface area contributed by atoms with E-state index in [1.54, 1.807) is 0 Å². The fourth-order valence-electron chi connectivity index (χ4n) is 3.30. The summed E-state index contributed by atoms with van der Waals surface area (Å²) in [6.07, 6.45) is 0.938. The number of carbonyl (C=O) groups excluding carboxylic acids is 1. The Morgan fingerprint density at radius 3 is 2.52 bits per heavy atom. The number of amides is 2. The smallest absolute Gasteiger partial charge is 0.320 e. The molecule has 0 spiro atoms. The number of benzene rings is 2. The standard InChI is InChI=1S/C22H29N3OS/c1-2-12-25(17-19-8-4-3-5-9-19)22(26)23-21-11-7-6-10-20(21)18-24-13-15-27-16-14-24/h3-11H,2,12-18H2,1H3,(H,23,26). The number of thioether (sulfide) groups is 1. The molecule has 3 rings (SSSR count). The van der Waals surface area contributed by atoms with Crippen LogP contribution in [0.15, 0.2) is 54.6 Å². The Labute approximate surface area is 166 Å². The molecule has 0 radical (unpaired) electrons. The number of nitrogens with one attached hydrogen (secondary N) is 1. The summed E-state index contributed by atoms with van der Waals surface area (Å²) in [7, 11) is 0. The third kappa shape index (κ3) is 6.01. The van der Waals surface area contributed by atoms with Gasteiger partial charge in [0.2, 0.25) is 0 Å². The average Bonchev–Trinajstić information content (AvgIpc) is 2.71. The molecule has 0 bridgehead atoms. The maximum absolute atomic E-state index is 12.9. The molecule has 1 saturated heterocycles. The van der Waals surface area contributed by atoms with E-state index in [0.29, 0.717) is 6.54 Å². The molecule has 0 aliphatic carbocycles. The minimum atomic E-state index is -0.0256. The second-order valence-corrected chi connectivity index (χ2v) is 8.11. The summed E-state index contributed by atoms with van der Waals surface area (Å²) in [5.74, 6) is 2.38. The summed E-state index contributed by atoms with van der Waals surface area (Å²) in [5.41, 5.74) is 3.27. The van der Waals surface area contributed by atoms with Crippen LogP contribution in [0.2, 0.25) is 0 Å². The van der Waals surface area contributed by atoms with Crippen LogP contribution in [-0.4, -0.2) is 47.0 Å². The molecule has 1 aliphatic rings. The Morgan fingerprint density at radius 1 is 1.07 bits per heavy atom. The molecule has 0 unspecified atom stereocenters. The first-order valence-corrected chi connectivity index (χ1v) is 10.9. The fourth-order valence-corrected chi connectivity index (χ4v) is 4.28. The van der Waals surface area contributed by atoms with Gasteiger partial charge in [-0.1, -0.05) is 55.5 Å². The van der Waals surface area contributed by atoms with Gasteiger partial charge in [-0.3, -0.25) is 4.90 Å². The van der Waals surface area contributed by atoms with Gasteiger partial charge in [-0.25, -0.2) is 4.79 Å². The Kier molecular flexibility index (Phi) is 7.60. The molecule has 0 atom stereocenters. The van der Waals surface area contributed by atoms with Gasteiger partial charge < -0.3 is 10.2 Å². The molecule has 5 heteroatoms. The van der Waals surface area contributed by atoms with Crippen LogP contribution < -0.4 is 5.32 Å². The monoisotopic (exact) mass is 383 g/mol. The molecular formula is C22H29N3OS. The molecule has 1 heterocycles. The van der Waals surface area contributed by atoms with E-state index in [-0.39, 0.29) is 6.03 Å². The Bertz CT molecular complexity index is 717. The number of carbonyl (C=O) groups is 1. The second-order valence-electron chi connectivity index (χ2n) is 6.88. The molecular weight excluding hydrogens is 354 g/mol. The molecule has 2 aromatic carbocycles. The summed E-state index contributed by atoms with van der Waals surface area (Å²) >= 11 is 2.02. The third-order valence-corrected chi connectivity index (χ3v) is 5.70. The van der Waals surface area contributed by atoms with Gasteiger partial charge in [0, 0.05) is 49.9 Å². The van der Waals surface area contributed by atoms with Crippen molar-refractivity contribution in [3.05, 3.63) is 65.7 Å². The van der Waals surface area contributed by atoms with Crippen molar-refractivity contribution >= 4 is 23.5 Å². The highest BCUT2D eigenvalue weighted by atomic mass is 32.2. The van der Waals surface area contributed by atoms with Crippen LogP contribution in [0.1, 0.15) is 24.5 Å². The lowest BCUT2D eigenvalue weighted by atomic mass is 10.1. The van der Waals surface area contributed by atoms with Crippen LogP contribution in [-0.2, 0) is 13.1 Å². The van der Waals surface area contributed by atoms with E-state index in [1.165, 1.54) is 17.1 Å². The van der Waals surface area contributed by atoms with Gasteiger partial charge >= 0.3 is 6.03 Å². The zero-order valence-electron chi connectivity index (χ0n) is 16.1. The highest BCUT2D eigenvalue weighted by molar-refractivity contribution is 7.99. The van der Waals surface area contributed by atoms with E-state index >= 15 is 0 Å². The number of anilines is 1. The predicted octanol–water partition coefficient (Wildman–Crippen LogP) is 4.68. The first-order chi connectivity index (χ1) is 13.3. The van der Waals surface area contributed by atoms with Crippen molar-refractivity contribution < 1.29 is 4.79 Å². The maximum Gasteiger partial charge on any atom is 0.322 e. The van der Waals surface area contributed by atoms with Gasteiger partial charge in [-0.05, 0) is 23.6 Å². The first-order valence-electron chi connectivity index (χ1n) is 9.74. The van der Waals surface area contributed by atoms with Gasteiger partial charge in [0.25, 0.3) is 0 Å². The van der Waals surface area contributed by atoms with E-state index in [1.807, 2.05) is 47.0 Å². The van der Waals surface area contributed by atoms with Gasteiger partial charge in [0.15, 0.2) is 0 Å². The molecule has 27 heavy (non-hydrogen) atoms. The summed E-state index contributed by atoms with van der Waals surface area (Å²) in [6.45, 7) is 6.60. The van der Waals surface area contributed by atoms with E-state index in [4.69, 9.17) is 0 Å². The van der Waals surface area contributed by atoms with Crippen molar-refractivity contribution in [3.63, 3.8) is 0 Å². The molecule has 4 nitrogen and oxygen atoms in total. The summed E-state index contributed by atoms with van der Waals surface area (Å²) < 4.78 is 0. The van der Waals surface area contributed by atoms with E-state index in [9.17, 15) is 4.79 Å². The zero-order valence-corrected chi connectivity index (χ0v) is 16.9. The molecule has 2 amide bonds. The summed E-state index contributed by atoms with van der Waals surface area (Å²) in [6, 6.07) is 18.3. The molecule has 144 valence electrons. The molecule has 0 saturated carbocycles.